The highest BCUT2D eigenvalue weighted by Gasteiger charge is 2.18. The number of rotatable bonds is 3. The van der Waals surface area contributed by atoms with E-state index in [1.54, 1.807) is 12.1 Å². The van der Waals surface area contributed by atoms with Gasteiger partial charge in [0.1, 0.15) is 0 Å². The van der Waals surface area contributed by atoms with Gasteiger partial charge in [0.05, 0.1) is 5.56 Å². The van der Waals surface area contributed by atoms with Crippen molar-refractivity contribution in [3.05, 3.63) is 35.4 Å². The molecule has 0 bridgehead atoms. The number of aromatic carboxylic acids is 1. The van der Waals surface area contributed by atoms with Crippen molar-refractivity contribution in [2.75, 3.05) is 6.54 Å². The number of hydrogen-bond donors (Lipinski definition) is 1. The summed E-state index contributed by atoms with van der Waals surface area (Å²) in [7, 11) is 0. The Hall–Kier alpha value is -1.35. The molecular formula is C14H19NO2. The van der Waals surface area contributed by atoms with Crippen molar-refractivity contribution in [2.45, 2.75) is 38.8 Å². The van der Waals surface area contributed by atoms with E-state index in [9.17, 15) is 4.79 Å². The Morgan fingerprint density at radius 1 is 1.47 bits per heavy atom. The molecule has 1 aliphatic rings. The zero-order valence-corrected chi connectivity index (χ0v) is 10.2. The van der Waals surface area contributed by atoms with Crippen LogP contribution < -0.4 is 0 Å². The molecule has 1 aromatic rings. The number of nitrogens with zero attached hydrogens (tertiary/aromatic N) is 1. The van der Waals surface area contributed by atoms with Crippen LogP contribution in [-0.2, 0) is 6.54 Å². The van der Waals surface area contributed by atoms with E-state index >= 15 is 0 Å². The molecule has 1 aliphatic heterocycles. The monoisotopic (exact) mass is 233 g/mol. The summed E-state index contributed by atoms with van der Waals surface area (Å²) in [5, 5.41) is 8.95. The molecule has 0 spiro atoms. The third kappa shape index (κ3) is 3.07. The van der Waals surface area contributed by atoms with Gasteiger partial charge in [0, 0.05) is 12.6 Å². The molecule has 0 aliphatic carbocycles. The highest BCUT2D eigenvalue weighted by molar-refractivity contribution is 5.87. The van der Waals surface area contributed by atoms with Gasteiger partial charge in [0.25, 0.3) is 0 Å². The molecule has 92 valence electrons. The minimum absolute atomic E-state index is 0.382. The largest absolute Gasteiger partial charge is 0.478 e. The lowest BCUT2D eigenvalue weighted by molar-refractivity contribution is 0.0696. The molecule has 0 unspecified atom stereocenters. The normalized spacial score (nSPS) is 21.4. The summed E-state index contributed by atoms with van der Waals surface area (Å²) in [6.07, 6.45) is 3.81. The first kappa shape index (κ1) is 12.1. The molecule has 3 heteroatoms. The van der Waals surface area contributed by atoms with Crippen LogP contribution in [0, 0.1) is 0 Å². The van der Waals surface area contributed by atoms with E-state index in [4.69, 9.17) is 5.11 Å². The van der Waals surface area contributed by atoms with Gasteiger partial charge in [0.2, 0.25) is 0 Å². The second-order valence-corrected chi connectivity index (χ2v) is 4.82. The number of likely N-dealkylation sites (tertiary alicyclic amines) is 1. The summed E-state index contributed by atoms with van der Waals surface area (Å²) in [6.45, 7) is 4.24. The van der Waals surface area contributed by atoms with Crippen molar-refractivity contribution in [1.29, 1.82) is 0 Å². The molecule has 1 heterocycles. The van der Waals surface area contributed by atoms with Crippen molar-refractivity contribution in [3.8, 4) is 0 Å². The van der Waals surface area contributed by atoms with Gasteiger partial charge < -0.3 is 5.11 Å². The van der Waals surface area contributed by atoms with Gasteiger partial charge in [-0.15, -0.1) is 0 Å². The lowest BCUT2D eigenvalue weighted by Gasteiger charge is -2.33. The van der Waals surface area contributed by atoms with Crippen LogP contribution in [0.2, 0.25) is 0 Å². The maximum atomic E-state index is 10.9. The molecule has 0 saturated carbocycles. The van der Waals surface area contributed by atoms with Crippen LogP contribution in [0.4, 0.5) is 0 Å². The zero-order valence-electron chi connectivity index (χ0n) is 10.2. The Morgan fingerprint density at radius 2 is 2.29 bits per heavy atom. The van der Waals surface area contributed by atoms with Gasteiger partial charge in [-0.3, -0.25) is 4.90 Å². The average Bonchev–Trinajstić information content (AvgIpc) is 2.32. The van der Waals surface area contributed by atoms with Crippen molar-refractivity contribution in [3.63, 3.8) is 0 Å². The molecule has 1 fully saturated rings. The van der Waals surface area contributed by atoms with Gasteiger partial charge in [-0.2, -0.15) is 0 Å². The SMILES string of the molecule is C[C@H]1CCCCN1Cc1cccc(C(=O)O)c1. The van der Waals surface area contributed by atoms with Crippen LogP contribution >= 0.6 is 0 Å². The van der Waals surface area contributed by atoms with Crippen LogP contribution in [0.25, 0.3) is 0 Å². The summed E-state index contributed by atoms with van der Waals surface area (Å²) in [6, 6.07) is 7.87. The maximum absolute atomic E-state index is 10.9. The molecule has 3 nitrogen and oxygen atoms in total. The molecule has 1 N–H and O–H groups in total. The predicted molar refractivity (Wildman–Crippen MR) is 67.1 cm³/mol. The molecule has 1 aromatic carbocycles. The fraction of sp³-hybridized carbons (Fsp3) is 0.500. The van der Waals surface area contributed by atoms with Crippen molar-refractivity contribution < 1.29 is 9.90 Å². The van der Waals surface area contributed by atoms with E-state index < -0.39 is 5.97 Å². The predicted octanol–water partition coefficient (Wildman–Crippen LogP) is 2.76. The zero-order chi connectivity index (χ0) is 12.3. The van der Waals surface area contributed by atoms with Crippen LogP contribution in [0.5, 0.6) is 0 Å². The Kier molecular flexibility index (Phi) is 3.79. The van der Waals surface area contributed by atoms with Crippen LogP contribution in [0.3, 0.4) is 0 Å². The van der Waals surface area contributed by atoms with Crippen molar-refractivity contribution in [2.24, 2.45) is 0 Å². The molecule has 1 saturated heterocycles. The summed E-state index contributed by atoms with van der Waals surface area (Å²) < 4.78 is 0. The first-order valence-electron chi connectivity index (χ1n) is 6.23. The lowest BCUT2D eigenvalue weighted by Crippen LogP contribution is -2.36. The average molecular weight is 233 g/mol. The topological polar surface area (TPSA) is 40.5 Å². The van der Waals surface area contributed by atoms with E-state index in [1.165, 1.54) is 19.3 Å². The fourth-order valence-electron chi connectivity index (χ4n) is 2.43. The van der Waals surface area contributed by atoms with Gasteiger partial charge in [-0.25, -0.2) is 4.79 Å². The minimum Gasteiger partial charge on any atom is -0.478 e. The number of hydrogen-bond acceptors (Lipinski definition) is 2. The standard InChI is InChI=1S/C14H19NO2/c1-11-5-2-3-8-15(11)10-12-6-4-7-13(9-12)14(16)17/h4,6-7,9,11H,2-3,5,8,10H2,1H3,(H,16,17)/t11-/m0/s1. The van der Waals surface area contributed by atoms with Gasteiger partial charge >= 0.3 is 5.97 Å². The summed E-state index contributed by atoms with van der Waals surface area (Å²) in [4.78, 5) is 13.3. The van der Waals surface area contributed by atoms with E-state index in [-0.39, 0.29) is 0 Å². The van der Waals surface area contributed by atoms with Gasteiger partial charge in [0.15, 0.2) is 0 Å². The first-order chi connectivity index (χ1) is 8.16. The summed E-state index contributed by atoms with van der Waals surface area (Å²) >= 11 is 0. The van der Waals surface area contributed by atoms with Crippen LogP contribution in [0.1, 0.15) is 42.1 Å². The van der Waals surface area contributed by atoms with Crippen LogP contribution in [0.15, 0.2) is 24.3 Å². The molecule has 0 amide bonds. The molecule has 0 radical (unpaired) electrons. The Labute approximate surface area is 102 Å². The van der Waals surface area contributed by atoms with Gasteiger partial charge in [-0.05, 0) is 44.0 Å². The number of benzene rings is 1. The highest BCUT2D eigenvalue weighted by Crippen LogP contribution is 2.19. The first-order valence-corrected chi connectivity index (χ1v) is 6.23. The quantitative estimate of drug-likeness (QED) is 0.872. The lowest BCUT2D eigenvalue weighted by atomic mass is 10.0. The Bertz CT molecular complexity index is 403. The minimum atomic E-state index is -0.849. The second kappa shape index (κ2) is 5.32. The third-order valence-electron chi connectivity index (χ3n) is 3.50. The maximum Gasteiger partial charge on any atom is 0.335 e. The number of piperidine rings is 1. The Morgan fingerprint density at radius 3 is 3.00 bits per heavy atom. The molecule has 17 heavy (non-hydrogen) atoms. The van der Waals surface area contributed by atoms with E-state index in [1.807, 2.05) is 12.1 Å². The van der Waals surface area contributed by atoms with E-state index in [0.717, 1.165) is 18.7 Å². The Balaban J connectivity index is 2.07. The molecule has 2 rings (SSSR count). The van der Waals surface area contributed by atoms with E-state index in [2.05, 4.69) is 11.8 Å². The third-order valence-corrected chi connectivity index (χ3v) is 3.50. The number of carboxylic acid groups (broad SMARTS) is 1. The second-order valence-electron chi connectivity index (χ2n) is 4.82. The fourth-order valence-corrected chi connectivity index (χ4v) is 2.43. The number of carbonyl (C=O) groups is 1. The molecule has 0 aromatic heterocycles. The van der Waals surface area contributed by atoms with Crippen molar-refractivity contribution >= 4 is 5.97 Å². The number of carboxylic acids is 1. The van der Waals surface area contributed by atoms with Gasteiger partial charge in [-0.1, -0.05) is 18.6 Å². The summed E-state index contributed by atoms with van der Waals surface area (Å²) in [5.74, 6) is -0.849. The smallest absolute Gasteiger partial charge is 0.335 e. The summed E-state index contributed by atoms with van der Waals surface area (Å²) in [5.41, 5.74) is 1.48. The van der Waals surface area contributed by atoms with Crippen LogP contribution in [-0.4, -0.2) is 28.6 Å². The van der Waals surface area contributed by atoms with Crippen molar-refractivity contribution in [1.82, 2.24) is 4.90 Å². The molecular weight excluding hydrogens is 214 g/mol. The highest BCUT2D eigenvalue weighted by atomic mass is 16.4. The van der Waals surface area contributed by atoms with E-state index in [0.29, 0.717) is 11.6 Å². The molecule has 1 atom stereocenters.